The summed E-state index contributed by atoms with van der Waals surface area (Å²) in [6, 6.07) is 6.13. The molecule has 0 aromatic heterocycles. The molecule has 3 heteroatoms. The number of methoxy groups -OCH3 is 1. The largest absolute Gasteiger partial charge is 0.496 e. The first-order valence-corrected chi connectivity index (χ1v) is 6.46. The van der Waals surface area contributed by atoms with Gasteiger partial charge in [0.2, 0.25) is 0 Å². The van der Waals surface area contributed by atoms with E-state index in [1.54, 1.807) is 7.11 Å². The van der Waals surface area contributed by atoms with Gasteiger partial charge in [-0.05, 0) is 31.0 Å². The smallest absolute Gasteiger partial charge is 0.124 e. The summed E-state index contributed by atoms with van der Waals surface area (Å²) < 4.78 is 6.39. The summed E-state index contributed by atoms with van der Waals surface area (Å²) in [7, 11) is 1.71. The van der Waals surface area contributed by atoms with Gasteiger partial charge in [-0.1, -0.05) is 35.8 Å². The molecule has 0 aliphatic heterocycles. The first-order chi connectivity index (χ1) is 7.63. The van der Waals surface area contributed by atoms with Crippen LogP contribution in [-0.2, 0) is 6.54 Å². The van der Waals surface area contributed by atoms with Gasteiger partial charge in [0.25, 0.3) is 0 Å². The van der Waals surface area contributed by atoms with Crippen molar-refractivity contribution in [2.45, 2.75) is 26.8 Å². The molecule has 0 spiro atoms. The first-order valence-electron chi connectivity index (χ1n) is 5.66. The SMILES string of the molecule is COc1cc(Br)ccc1CNCCC(C)C. The maximum Gasteiger partial charge on any atom is 0.124 e. The van der Waals surface area contributed by atoms with Crippen LogP contribution in [0, 0.1) is 5.92 Å². The standard InChI is InChI=1S/C13H20BrNO/c1-10(2)6-7-15-9-11-4-5-12(14)8-13(11)16-3/h4-5,8,10,15H,6-7,9H2,1-3H3. The third-order valence-electron chi connectivity index (χ3n) is 2.46. The summed E-state index contributed by atoms with van der Waals surface area (Å²) in [6.07, 6.45) is 1.21. The van der Waals surface area contributed by atoms with Crippen LogP contribution in [0.3, 0.4) is 0 Å². The van der Waals surface area contributed by atoms with Crippen molar-refractivity contribution in [1.82, 2.24) is 5.32 Å². The number of halogens is 1. The predicted molar refractivity (Wildman–Crippen MR) is 71.9 cm³/mol. The minimum atomic E-state index is 0.749. The van der Waals surface area contributed by atoms with E-state index < -0.39 is 0 Å². The molecule has 2 nitrogen and oxygen atoms in total. The van der Waals surface area contributed by atoms with Gasteiger partial charge < -0.3 is 10.1 Å². The molecule has 0 saturated carbocycles. The molecule has 0 saturated heterocycles. The van der Waals surface area contributed by atoms with E-state index >= 15 is 0 Å². The molecular formula is C13H20BrNO. The maximum atomic E-state index is 5.33. The zero-order chi connectivity index (χ0) is 12.0. The highest BCUT2D eigenvalue weighted by molar-refractivity contribution is 9.10. The molecule has 90 valence electrons. The minimum absolute atomic E-state index is 0.749. The highest BCUT2D eigenvalue weighted by Gasteiger charge is 2.03. The quantitative estimate of drug-likeness (QED) is 0.807. The Kier molecular flexibility index (Phi) is 5.85. The van der Waals surface area contributed by atoms with E-state index in [4.69, 9.17) is 4.74 Å². The van der Waals surface area contributed by atoms with Gasteiger partial charge in [-0.2, -0.15) is 0 Å². The van der Waals surface area contributed by atoms with Gasteiger partial charge in [0, 0.05) is 16.6 Å². The minimum Gasteiger partial charge on any atom is -0.496 e. The predicted octanol–water partition coefficient (Wildman–Crippen LogP) is 3.59. The number of ether oxygens (including phenoxy) is 1. The lowest BCUT2D eigenvalue weighted by molar-refractivity contribution is 0.406. The highest BCUT2D eigenvalue weighted by atomic mass is 79.9. The van der Waals surface area contributed by atoms with Crippen LogP contribution < -0.4 is 10.1 Å². The molecule has 0 unspecified atom stereocenters. The molecule has 0 atom stereocenters. The van der Waals surface area contributed by atoms with Crippen molar-refractivity contribution >= 4 is 15.9 Å². The van der Waals surface area contributed by atoms with Crippen molar-refractivity contribution in [3.05, 3.63) is 28.2 Å². The average molecular weight is 286 g/mol. The van der Waals surface area contributed by atoms with Crippen molar-refractivity contribution in [1.29, 1.82) is 0 Å². The fourth-order valence-corrected chi connectivity index (χ4v) is 1.82. The van der Waals surface area contributed by atoms with Crippen LogP contribution in [0.15, 0.2) is 22.7 Å². The van der Waals surface area contributed by atoms with Crippen LogP contribution in [-0.4, -0.2) is 13.7 Å². The van der Waals surface area contributed by atoms with E-state index in [9.17, 15) is 0 Å². The second-order valence-corrected chi connectivity index (χ2v) is 5.23. The molecule has 0 radical (unpaired) electrons. The molecule has 16 heavy (non-hydrogen) atoms. The van der Waals surface area contributed by atoms with Crippen LogP contribution in [0.2, 0.25) is 0 Å². The summed E-state index contributed by atoms with van der Waals surface area (Å²) in [4.78, 5) is 0. The normalized spacial score (nSPS) is 10.8. The summed E-state index contributed by atoms with van der Waals surface area (Å²) >= 11 is 3.44. The van der Waals surface area contributed by atoms with E-state index in [2.05, 4.69) is 41.2 Å². The van der Waals surface area contributed by atoms with Crippen LogP contribution in [0.4, 0.5) is 0 Å². The van der Waals surface area contributed by atoms with Crippen molar-refractivity contribution in [2.24, 2.45) is 5.92 Å². The zero-order valence-corrected chi connectivity index (χ0v) is 11.8. The summed E-state index contributed by atoms with van der Waals surface area (Å²) in [6.45, 7) is 6.39. The molecule has 0 aliphatic carbocycles. The average Bonchev–Trinajstić information content (AvgIpc) is 2.25. The van der Waals surface area contributed by atoms with Gasteiger partial charge in [-0.25, -0.2) is 0 Å². The van der Waals surface area contributed by atoms with Crippen LogP contribution >= 0.6 is 15.9 Å². The molecule has 1 rings (SSSR count). The van der Waals surface area contributed by atoms with Gasteiger partial charge >= 0.3 is 0 Å². The topological polar surface area (TPSA) is 21.3 Å². The van der Waals surface area contributed by atoms with Gasteiger partial charge in [0.1, 0.15) is 5.75 Å². The van der Waals surface area contributed by atoms with Gasteiger partial charge in [-0.15, -0.1) is 0 Å². The lowest BCUT2D eigenvalue weighted by Gasteiger charge is -2.11. The molecule has 0 bridgehead atoms. The molecule has 0 amide bonds. The molecule has 1 aromatic rings. The van der Waals surface area contributed by atoms with Crippen LogP contribution in [0.25, 0.3) is 0 Å². The molecular weight excluding hydrogens is 266 g/mol. The first kappa shape index (κ1) is 13.5. The third kappa shape index (κ3) is 4.54. The Labute approximate surface area is 107 Å². The Morgan fingerprint density at radius 1 is 1.38 bits per heavy atom. The fourth-order valence-electron chi connectivity index (χ4n) is 1.48. The van der Waals surface area contributed by atoms with E-state index in [1.165, 1.54) is 12.0 Å². The summed E-state index contributed by atoms with van der Waals surface area (Å²) in [5, 5.41) is 3.43. The third-order valence-corrected chi connectivity index (χ3v) is 2.96. The second-order valence-electron chi connectivity index (χ2n) is 4.32. The Balaban J connectivity index is 2.47. The van der Waals surface area contributed by atoms with Crippen LogP contribution in [0.5, 0.6) is 5.75 Å². The molecule has 1 aromatic carbocycles. The second kappa shape index (κ2) is 6.92. The van der Waals surface area contributed by atoms with Crippen molar-refractivity contribution in [3.8, 4) is 5.75 Å². The number of nitrogens with one attached hydrogen (secondary N) is 1. The lowest BCUT2D eigenvalue weighted by atomic mass is 10.1. The number of rotatable bonds is 6. The van der Waals surface area contributed by atoms with E-state index in [0.717, 1.165) is 29.2 Å². The van der Waals surface area contributed by atoms with E-state index in [-0.39, 0.29) is 0 Å². The van der Waals surface area contributed by atoms with E-state index in [1.807, 2.05) is 12.1 Å². The molecule has 0 fully saturated rings. The zero-order valence-electron chi connectivity index (χ0n) is 10.2. The summed E-state index contributed by atoms with van der Waals surface area (Å²) in [5.41, 5.74) is 1.20. The van der Waals surface area contributed by atoms with Crippen molar-refractivity contribution in [3.63, 3.8) is 0 Å². The van der Waals surface area contributed by atoms with Gasteiger partial charge in [0.15, 0.2) is 0 Å². The Hall–Kier alpha value is -0.540. The molecule has 1 N–H and O–H groups in total. The number of hydrogen-bond donors (Lipinski definition) is 1. The Morgan fingerprint density at radius 2 is 2.12 bits per heavy atom. The number of benzene rings is 1. The monoisotopic (exact) mass is 285 g/mol. The van der Waals surface area contributed by atoms with Gasteiger partial charge in [0.05, 0.1) is 7.11 Å². The van der Waals surface area contributed by atoms with Crippen molar-refractivity contribution < 1.29 is 4.74 Å². The summed E-state index contributed by atoms with van der Waals surface area (Å²) in [5.74, 6) is 1.69. The molecule has 0 heterocycles. The lowest BCUT2D eigenvalue weighted by Crippen LogP contribution is -2.16. The maximum absolute atomic E-state index is 5.33. The van der Waals surface area contributed by atoms with Crippen molar-refractivity contribution in [2.75, 3.05) is 13.7 Å². The molecule has 0 aliphatic rings. The Morgan fingerprint density at radius 3 is 2.75 bits per heavy atom. The van der Waals surface area contributed by atoms with Crippen LogP contribution in [0.1, 0.15) is 25.8 Å². The number of hydrogen-bond acceptors (Lipinski definition) is 2. The highest BCUT2D eigenvalue weighted by Crippen LogP contribution is 2.23. The van der Waals surface area contributed by atoms with E-state index in [0.29, 0.717) is 0 Å². The van der Waals surface area contributed by atoms with Gasteiger partial charge in [-0.3, -0.25) is 0 Å². The Bertz CT molecular complexity index is 326. The fraction of sp³-hybridized carbons (Fsp3) is 0.538.